The van der Waals surface area contributed by atoms with Gasteiger partial charge in [-0.3, -0.25) is 9.48 Å². The van der Waals surface area contributed by atoms with E-state index in [0.717, 1.165) is 16.8 Å². The Bertz CT molecular complexity index is 700. The second-order valence-electron chi connectivity index (χ2n) is 6.33. The minimum atomic E-state index is -0.461. The fourth-order valence-corrected chi connectivity index (χ4v) is 2.52. The van der Waals surface area contributed by atoms with Crippen molar-refractivity contribution in [3.63, 3.8) is 0 Å². The predicted molar refractivity (Wildman–Crippen MR) is 101 cm³/mol. The van der Waals surface area contributed by atoms with E-state index in [2.05, 4.69) is 15.7 Å². The Hall–Kier alpha value is -2.22. The molecule has 0 aliphatic rings. The number of rotatable bonds is 10. The van der Waals surface area contributed by atoms with E-state index in [9.17, 15) is 4.79 Å². The zero-order valence-corrected chi connectivity index (χ0v) is 15.9. The van der Waals surface area contributed by atoms with E-state index in [1.165, 1.54) is 0 Å². The summed E-state index contributed by atoms with van der Waals surface area (Å²) in [6.45, 7) is 5.58. The highest BCUT2D eigenvalue weighted by Gasteiger charge is 2.20. The normalized spacial score (nSPS) is 12.3. The van der Waals surface area contributed by atoms with Crippen LogP contribution in [0.1, 0.15) is 31.0 Å². The summed E-state index contributed by atoms with van der Waals surface area (Å²) in [5.41, 5.74) is 2.55. The molecule has 0 spiro atoms. The van der Waals surface area contributed by atoms with Gasteiger partial charge in [-0.25, -0.2) is 0 Å². The number of carbonyl (C=O) groups excluding carboxylic acids is 1. The van der Waals surface area contributed by atoms with E-state index in [4.69, 9.17) is 9.47 Å². The Balaban J connectivity index is 1.89. The summed E-state index contributed by atoms with van der Waals surface area (Å²) >= 11 is 0. The Morgan fingerprint density at radius 2 is 2.12 bits per heavy atom. The van der Waals surface area contributed by atoms with Gasteiger partial charge in [0, 0.05) is 24.5 Å². The van der Waals surface area contributed by atoms with E-state index in [1.807, 2.05) is 51.4 Å². The first kappa shape index (κ1) is 20.1. The van der Waals surface area contributed by atoms with Crippen molar-refractivity contribution in [1.82, 2.24) is 15.1 Å². The highest BCUT2D eigenvalue weighted by Crippen LogP contribution is 2.16. The van der Waals surface area contributed by atoms with Crippen LogP contribution in [-0.4, -0.2) is 42.1 Å². The molecule has 0 fully saturated rings. The third-order valence-electron chi connectivity index (χ3n) is 3.75. The second kappa shape index (κ2) is 10.1. The Kier molecular flexibility index (Phi) is 7.77. The number of likely N-dealkylation sites (N-methyl/N-ethyl adjacent to an activating group) is 1. The van der Waals surface area contributed by atoms with Crippen molar-refractivity contribution in [2.24, 2.45) is 7.05 Å². The first-order valence-electron chi connectivity index (χ1n) is 8.74. The molecule has 7 heteroatoms. The smallest absolute Gasteiger partial charge is 0.246 e. The van der Waals surface area contributed by atoms with Gasteiger partial charge in [0.05, 0.1) is 32.1 Å². The molecule has 1 aromatic heterocycles. The molecular formula is C19H28N4O3. The van der Waals surface area contributed by atoms with Gasteiger partial charge < -0.3 is 20.1 Å². The van der Waals surface area contributed by atoms with Crippen LogP contribution in [0.25, 0.3) is 0 Å². The molecule has 1 atom stereocenters. The highest BCUT2D eigenvalue weighted by atomic mass is 16.5. The van der Waals surface area contributed by atoms with E-state index in [0.29, 0.717) is 19.8 Å². The lowest BCUT2D eigenvalue weighted by Crippen LogP contribution is -2.30. The van der Waals surface area contributed by atoms with Crippen LogP contribution in [0.3, 0.4) is 0 Å². The average molecular weight is 360 g/mol. The monoisotopic (exact) mass is 360 g/mol. The van der Waals surface area contributed by atoms with E-state index >= 15 is 0 Å². The number of hydrogen-bond acceptors (Lipinski definition) is 5. The number of amides is 1. The lowest BCUT2D eigenvalue weighted by molar-refractivity contribution is -0.118. The van der Waals surface area contributed by atoms with Crippen molar-refractivity contribution < 1.29 is 14.3 Å². The van der Waals surface area contributed by atoms with E-state index in [1.54, 1.807) is 17.9 Å². The molecule has 7 nitrogen and oxygen atoms in total. The lowest BCUT2D eigenvalue weighted by atomic mass is 10.1. The predicted octanol–water partition coefficient (Wildman–Crippen LogP) is 2.26. The number of ether oxygens (including phenoxy) is 2. The SMILES string of the molecule is CNC(C(=O)Nc1cccc(COCCOC(C)C)c1)c1cnn(C)c1. The quantitative estimate of drug-likeness (QED) is 0.636. The molecule has 0 bridgehead atoms. The Labute approximate surface area is 154 Å². The molecule has 0 saturated carbocycles. The van der Waals surface area contributed by atoms with Gasteiger partial charge in [0.1, 0.15) is 6.04 Å². The summed E-state index contributed by atoms with van der Waals surface area (Å²) in [7, 11) is 3.57. The minimum Gasteiger partial charge on any atom is -0.376 e. The molecule has 1 heterocycles. The molecule has 0 aliphatic carbocycles. The van der Waals surface area contributed by atoms with Crippen molar-refractivity contribution in [2.75, 3.05) is 25.6 Å². The maximum absolute atomic E-state index is 12.6. The summed E-state index contributed by atoms with van der Waals surface area (Å²) in [5.74, 6) is -0.135. The Morgan fingerprint density at radius 3 is 2.77 bits per heavy atom. The van der Waals surface area contributed by atoms with Crippen LogP contribution < -0.4 is 10.6 Å². The number of hydrogen-bond donors (Lipinski definition) is 2. The molecule has 2 aromatic rings. The molecular weight excluding hydrogens is 332 g/mol. The van der Waals surface area contributed by atoms with Gasteiger partial charge in [-0.2, -0.15) is 5.10 Å². The minimum absolute atomic E-state index is 0.135. The fourth-order valence-electron chi connectivity index (χ4n) is 2.52. The van der Waals surface area contributed by atoms with Gasteiger partial charge in [0.15, 0.2) is 0 Å². The molecule has 0 radical (unpaired) electrons. The lowest BCUT2D eigenvalue weighted by Gasteiger charge is -2.15. The maximum Gasteiger partial charge on any atom is 0.246 e. The van der Waals surface area contributed by atoms with Gasteiger partial charge >= 0.3 is 0 Å². The molecule has 1 amide bonds. The summed E-state index contributed by atoms with van der Waals surface area (Å²) in [6, 6.07) is 7.18. The average Bonchev–Trinajstić information content (AvgIpc) is 3.01. The number of nitrogens with zero attached hydrogens (tertiary/aromatic N) is 2. The van der Waals surface area contributed by atoms with Crippen LogP contribution >= 0.6 is 0 Å². The van der Waals surface area contributed by atoms with Gasteiger partial charge in [0.25, 0.3) is 0 Å². The number of carbonyl (C=O) groups is 1. The summed E-state index contributed by atoms with van der Waals surface area (Å²) in [4.78, 5) is 12.6. The second-order valence-corrected chi connectivity index (χ2v) is 6.33. The fraction of sp³-hybridized carbons (Fsp3) is 0.474. The van der Waals surface area contributed by atoms with Gasteiger partial charge in [-0.05, 0) is 38.6 Å². The largest absolute Gasteiger partial charge is 0.376 e. The number of aryl methyl sites for hydroxylation is 1. The van der Waals surface area contributed by atoms with E-state index < -0.39 is 6.04 Å². The third kappa shape index (κ3) is 6.25. The van der Waals surface area contributed by atoms with E-state index in [-0.39, 0.29) is 12.0 Å². The van der Waals surface area contributed by atoms with Gasteiger partial charge in [-0.15, -0.1) is 0 Å². The molecule has 142 valence electrons. The molecule has 0 aliphatic heterocycles. The van der Waals surface area contributed by atoms with Crippen molar-refractivity contribution in [3.8, 4) is 0 Å². The van der Waals surface area contributed by atoms with Crippen LogP contribution in [0.5, 0.6) is 0 Å². The summed E-state index contributed by atoms with van der Waals surface area (Å²) in [6.07, 6.45) is 3.71. The third-order valence-corrected chi connectivity index (χ3v) is 3.75. The first-order chi connectivity index (χ1) is 12.5. The molecule has 2 rings (SSSR count). The van der Waals surface area contributed by atoms with Gasteiger partial charge in [0.2, 0.25) is 5.91 Å². The van der Waals surface area contributed by atoms with Crippen LogP contribution in [0.15, 0.2) is 36.7 Å². The topological polar surface area (TPSA) is 77.4 Å². The van der Waals surface area contributed by atoms with Crippen molar-refractivity contribution >= 4 is 11.6 Å². The van der Waals surface area contributed by atoms with Crippen LogP contribution in [0.2, 0.25) is 0 Å². The van der Waals surface area contributed by atoms with Gasteiger partial charge in [-0.1, -0.05) is 12.1 Å². The van der Waals surface area contributed by atoms with Crippen molar-refractivity contribution in [2.45, 2.75) is 32.6 Å². The molecule has 26 heavy (non-hydrogen) atoms. The number of aromatic nitrogens is 2. The summed E-state index contributed by atoms with van der Waals surface area (Å²) in [5, 5.41) is 10.1. The highest BCUT2D eigenvalue weighted by molar-refractivity contribution is 5.95. The molecule has 2 N–H and O–H groups in total. The zero-order valence-electron chi connectivity index (χ0n) is 15.9. The van der Waals surface area contributed by atoms with Crippen molar-refractivity contribution in [3.05, 3.63) is 47.8 Å². The molecule has 0 saturated heterocycles. The number of nitrogens with one attached hydrogen (secondary N) is 2. The Morgan fingerprint density at radius 1 is 1.31 bits per heavy atom. The van der Waals surface area contributed by atoms with Crippen LogP contribution in [0.4, 0.5) is 5.69 Å². The number of benzene rings is 1. The number of anilines is 1. The zero-order chi connectivity index (χ0) is 18.9. The summed E-state index contributed by atoms with van der Waals surface area (Å²) < 4.78 is 12.7. The van der Waals surface area contributed by atoms with Crippen molar-refractivity contribution in [1.29, 1.82) is 0 Å². The van der Waals surface area contributed by atoms with Crippen LogP contribution in [-0.2, 0) is 27.9 Å². The maximum atomic E-state index is 12.6. The first-order valence-corrected chi connectivity index (χ1v) is 8.74. The van der Waals surface area contributed by atoms with Crippen LogP contribution in [0, 0.1) is 0 Å². The molecule has 1 aromatic carbocycles. The standard InChI is InChI=1S/C19H28N4O3/c1-14(2)26-9-8-25-13-15-6-5-7-17(10-15)22-19(24)18(20-3)16-11-21-23(4)12-16/h5-7,10-12,14,18,20H,8-9,13H2,1-4H3,(H,22,24). The molecule has 1 unspecified atom stereocenters.